The fourth-order valence-corrected chi connectivity index (χ4v) is 1.92. The van der Waals surface area contributed by atoms with Crippen LogP contribution in [0.1, 0.15) is 12.8 Å². The number of ether oxygens (including phenoxy) is 1. The second-order valence-corrected chi connectivity index (χ2v) is 8.05. The van der Waals surface area contributed by atoms with Crippen LogP contribution in [0.4, 0.5) is 0 Å². The summed E-state index contributed by atoms with van der Waals surface area (Å²) >= 11 is 0. The summed E-state index contributed by atoms with van der Waals surface area (Å²) in [6, 6.07) is 0. The standard InChI is InChI=1S/C9H14O9.C5H14NO.C4H7N3O/c10-3-5(4-11)18-7(14)2-9(17,8(15)16)1-6(12)13;1-6(2,3)4-5-7;1-7-2-3(8)6-4(7)5/h5,10-11,17H,1-4H2,(H,12,13)(H,15,16);7H,4-5H2,1-3H3;2H2,1H3,(H2,5,6,8)/q;+1;. The number of aliphatic hydroxyl groups excluding tert-OH is 3. The largest absolute Gasteiger partial charge is 0.481 e. The molecule has 1 aliphatic rings. The van der Waals surface area contributed by atoms with E-state index in [0.29, 0.717) is 6.54 Å². The van der Waals surface area contributed by atoms with Gasteiger partial charge in [0.2, 0.25) is 5.91 Å². The number of nitrogens with one attached hydrogen (secondary N) is 2. The molecule has 192 valence electrons. The van der Waals surface area contributed by atoms with Crippen molar-refractivity contribution >= 4 is 29.8 Å². The zero-order valence-electron chi connectivity index (χ0n) is 19.1. The summed E-state index contributed by atoms with van der Waals surface area (Å²) in [7, 11) is 7.85. The Hall–Kier alpha value is -2.85. The quantitative estimate of drug-likeness (QED) is 0.110. The number of guanidine groups is 1. The molecule has 1 fully saturated rings. The van der Waals surface area contributed by atoms with Crippen LogP contribution in [0.15, 0.2) is 0 Å². The lowest BCUT2D eigenvalue weighted by molar-refractivity contribution is -0.870. The second-order valence-electron chi connectivity index (χ2n) is 8.05. The van der Waals surface area contributed by atoms with Crippen LogP contribution in [0.25, 0.3) is 0 Å². The number of esters is 1. The maximum atomic E-state index is 11.2. The topological polar surface area (TPSA) is 238 Å². The molecule has 1 unspecified atom stereocenters. The number of carboxylic acids is 2. The molecule has 0 aromatic heterocycles. The summed E-state index contributed by atoms with van der Waals surface area (Å²) in [6.45, 7) is 0.0572. The minimum absolute atomic E-state index is 0.0995. The average molecular weight is 483 g/mol. The van der Waals surface area contributed by atoms with Gasteiger partial charge in [0.1, 0.15) is 12.6 Å². The van der Waals surface area contributed by atoms with Gasteiger partial charge in [-0.15, -0.1) is 0 Å². The molecule has 33 heavy (non-hydrogen) atoms. The molecule has 15 heteroatoms. The van der Waals surface area contributed by atoms with Crippen LogP contribution in [-0.2, 0) is 23.9 Å². The molecule has 0 radical (unpaired) electrons. The van der Waals surface area contributed by atoms with Crippen molar-refractivity contribution < 1.29 is 59.0 Å². The van der Waals surface area contributed by atoms with Crippen molar-refractivity contribution in [1.82, 2.24) is 10.2 Å². The third-order valence-electron chi connectivity index (χ3n) is 3.78. The molecule has 0 aromatic carbocycles. The summed E-state index contributed by atoms with van der Waals surface area (Å²) < 4.78 is 5.26. The number of rotatable bonds is 10. The molecule has 1 heterocycles. The van der Waals surface area contributed by atoms with E-state index in [2.05, 4.69) is 31.2 Å². The van der Waals surface area contributed by atoms with Crippen LogP contribution < -0.4 is 5.32 Å². The van der Waals surface area contributed by atoms with E-state index < -0.39 is 55.7 Å². The first-order chi connectivity index (χ1) is 15.0. The Morgan fingerprint density at radius 1 is 1.15 bits per heavy atom. The van der Waals surface area contributed by atoms with Crippen LogP contribution in [0.2, 0.25) is 0 Å². The molecule has 0 spiro atoms. The second kappa shape index (κ2) is 15.1. The Morgan fingerprint density at radius 2 is 1.67 bits per heavy atom. The van der Waals surface area contributed by atoms with E-state index in [-0.39, 0.29) is 18.5 Å². The van der Waals surface area contributed by atoms with Crippen LogP contribution >= 0.6 is 0 Å². The number of carboxylic acid groups (broad SMARTS) is 2. The highest BCUT2D eigenvalue weighted by atomic mass is 16.6. The van der Waals surface area contributed by atoms with E-state index in [9.17, 15) is 24.3 Å². The lowest BCUT2D eigenvalue weighted by Gasteiger charge is -2.21. The molecule has 15 nitrogen and oxygen atoms in total. The van der Waals surface area contributed by atoms with Crippen LogP contribution in [0, 0.1) is 5.41 Å². The van der Waals surface area contributed by atoms with E-state index in [1.54, 1.807) is 11.9 Å². The lowest BCUT2D eigenvalue weighted by Crippen LogP contribution is -2.43. The summed E-state index contributed by atoms with van der Waals surface area (Å²) in [5.74, 6) is -4.64. The summed E-state index contributed by atoms with van der Waals surface area (Å²) in [6.07, 6.45) is -3.54. The van der Waals surface area contributed by atoms with E-state index in [1.165, 1.54) is 0 Å². The Kier molecular flexibility index (Phi) is 14.8. The van der Waals surface area contributed by atoms with Gasteiger partial charge >= 0.3 is 17.9 Å². The minimum atomic E-state index is -2.79. The van der Waals surface area contributed by atoms with Gasteiger partial charge in [-0.1, -0.05) is 0 Å². The maximum absolute atomic E-state index is 11.2. The Labute approximate surface area is 190 Å². The van der Waals surface area contributed by atoms with Crippen LogP contribution in [0.3, 0.4) is 0 Å². The van der Waals surface area contributed by atoms with E-state index >= 15 is 0 Å². The zero-order valence-corrected chi connectivity index (χ0v) is 19.1. The molecular formula is C18H35N4O11+. The number of quaternary nitrogens is 1. The molecule has 0 aromatic rings. The molecule has 1 aliphatic heterocycles. The van der Waals surface area contributed by atoms with Crippen LogP contribution in [-0.4, -0.2) is 143 Å². The Balaban J connectivity index is 0. The van der Waals surface area contributed by atoms with E-state index in [4.69, 9.17) is 30.9 Å². The molecular weight excluding hydrogens is 448 g/mol. The van der Waals surface area contributed by atoms with Gasteiger partial charge in [0.15, 0.2) is 11.6 Å². The number of amides is 1. The van der Waals surface area contributed by atoms with Gasteiger partial charge in [0.05, 0.1) is 60.4 Å². The van der Waals surface area contributed by atoms with Gasteiger partial charge in [0.25, 0.3) is 0 Å². The number of carbonyl (C=O) groups excluding carboxylic acids is 2. The van der Waals surface area contributed by atoms with Gasteiger partial charge < -0.3 is 44.8 Å². The smallest absolute Gasteiger partial charge is 0.336 e. The third-order valence-corrected chi connectivity index (χ3v) is 3.78. The maximum Gasteiger partial charge on any atom is 0.336 e. The van der Waals surface area contributed by atoms with Gasteiger partial charge in [-0.05, 0) is 0 Å². The van der Waals surface area contributed by atoms with Crippen LogP contribution in [0.5, 0.6) is 0 Å². The monoisotopic (exact) mass is 483 g/mol. The fraction of sp³-hybridized carbons (Fsp3) is 0.722. The molecule has 0 aliphatic carbocycles. The summed E-state index contributed by atoms with van der Waals surface area (Å²) in [4.78, 5) is 44.2. The Morgan fingerprint density at radius 3 is 1.88 bits per heavy atom. The van der Waals surface area contributed by atoms with Crippen molar-refractivity contribution in [3.8, 4) is 0 Å². The van der Waals surface area contributed by atoms with Gasteiger partial charge in [-0.25, -0.2) is 4.79 Å². The molecule has 1 rings (SSSR count). The number of carbonyl (C=O) groups is 4. The highest BCUT2D eigenvalue weighted by Crippen LogP contribution is 2.17. The van der Waals surface area contributed by atoms with E-state index in [0.717, 1.165) is 11.0 Å². The molecule has 1 amide bonds. The number of hydrogen-bond acceptors (Lipinski definition) is 10. The normalized spacial score (nSPS) is 14.9. The van der Waals surface area contributed by atoms with Crippen molar-refractivity contribution in [2.24, 2.45) is 0 Å². The highest BCUT2D eigenvalue weighted by molar-refractivity contribution is 6.02. The zero-order chi connectivity index (χ0) is 26.4. The van der Waals surface area contributed by atoms with Gasteiger partial charge in [0, 0.05) is 7.05 Å². The molecule has 1 atom stereocenters. The molecule has 0 bridgehead atoms. The summed E-state index contributed by atoms with van der Waals surface area (Å²) in [5.41, 5.74) is -2.79. The molecule has 1 saturated heterocycles. The average Bonchev–Trinajstić information content (AvgIpc) is 2.94. The SMILES string of the molecule is CN1CC(=O)NC1=N.C[N+](C)(C)CCO.O=C(O)CC(O)(CC(=O)OC(CO)CO)C(=O)O. The summed E-state index contributed by atoms with van der Waals surface area (Å²) in [5, 5.41) is 61.5. The first kappa shape index (κ1) is 32.3. The number of likely N-dealkylation sites (N-methyl/N-ethyl adjacent to an activating group) is 2. The van der Waals surface area contributed by atoms with Crippen molar-refractivity contribution in [3.63, 3.8) is 0 Å². The first-order valence-electron chi connectivity index (χ1n) is 9.61. The predicted molar refractivity (Wildman–Crippen MR) is 112 cm³/mol. The van der Waals surface area contributed by atoms with Crippen molar-refractivity contribution in [2.45, 2.75) is 24.5 Å². The number of aliphatic carboxylic acids is 2. The number of nitrogens with zero attached hydrogens (tertiary/aromatic N) is 2. The molecule has 8 N–H and O–H groups in total. The van der Waals surface area contributed by atoms with Crippen molar-refractivity contribution in [2.75, 3.05) is 61.1 Å². The fourth-order valence-electron chi connectivity index (χ4n) is 1.92. The first-order valence-corrected chi connectivity index (χ1v) is 9.61. The van der Waals surface area contributed by atoms with Gasteiger partial charge in [-0.3, -0.25) is 25.1 Å². The van der Waals surface area contributed by atoms with Gasteiger partial charge in [-0.2, -0.15) is 0 Å². The Bertz CT molecular complexity index is 677. The van der Waals surface area contributed by atoms with E-state index in [1.807, 2.05) is 0 Å². The number of hydrogen-bond donors (Lipinski definition) is 8. The minimum Gasteiger partial charge on any atom is -0.481 e. The lowest BCUT2D eigenvalue weighted by atomic mass is 9.96. The number of aliphatic hydroxyl groups is 4. The predicted octanol–water partition coefficient (Wildman–Crippen LogP) is -3.77. The highest BCUT2D eigenvalue weighted by Gasteiger charge is 2.41. The van der Waals surface area contributed by atoms with Crippen molar-refractivity contribution in [1.29, 1.82) is 5.41 Å². The third kappa shape index (κ3) is 15.6. The molecule has 0 saturated carbocycles. The van der Waals surface area contributed by atoms with Crippen molar-refractivity contribution in [3.05, 3.63) is 0 Å².